The Bertz CT molecular complexity index is 224. The highest BCUT2D eigenvalue weighted by molar-refractivity contribution is 5.83. The first-order chi connectivity index (χ1) is 7.64. The fraction of sp³-hybridized carbons (Fsp3) is 0.909. The van der Waals surface area contributed by atoms with Crippen LogP contribution in [0, 0.1) is 5.41 Å². The molecule has 5 heteroatoms. The molecule has 1 fully saturated rings. The Morgan fingerprint density at radius 3 is 2.75 bits per heavy atom. The molecule has 0 aromatic heterocycles. The van der Waals surface area contributed by atoms with Crippen LogP contribution in [0.2, 0.25) is 0 Å². The zero-order valence-corrected chi connectivity index (χ0v) is 9.87. The third-order valence-corrected chi connectivity index (χ3v) is 3.31. The SMILES string of the molecule is COCC(O)CCNC(=O)C1(CN)CCC1. The van der Waals surface area contributed by atoms with Gasteiger partial charge in [-0.3, -0.25) is 4.79 Å². The highest BCUT2D eigenvalue weighted by Crippen LogP contribution is 2.39. The third kappa shape index (κ3) is 3.17. The molecule has 0 bridgehead atoms. The van der Waals surface area contributed by atoms with Gasteiger partial charge in [0.1, 0.15) is 0 Å². The smallest absolute Gasteiger partial charge is 0.227 e. The van der Waals surface area contributed by atoms with E-state index < -0.39 is 6.10 Å². The summed E-state index contributed by atoms with van der Waals surface area (Å²) in [5.74, 6) is 0.0332. The molecular formula is C11H22N2O3. The number of nitrogens with two attached hydrogens (primary N) is 1. The van der Waals surface area contributed by atoms with E-state index in [0.717, 1.165) is 19.3 Å². The van der Waals surface area contributed by atoms with Gasteiger partial charge in [-0.15, -0.1) is 0 Å². The minimum atomic E-state index is -0.513. The van der Waals surface area contributed by atoms with Crippen LogP contribution in [0.1, 0.15) is 25.7 Å². The zero-order valence-electron chi connectivity index (χ0n) is 9.87. The molecule has 4 N–H and O–H groups in total. The monoisotopic (exact) mass is 230 g/mol. The lowest BCUT2D eigenvalue weighted by Crippen LogP contribution is -2.50. The van der Waals surface area contributed by atoms with Crippen molar-refractivity contribution in [3.05, 3.63) is 0 Å². The summed E-state index contributed by atoms with van der Waals surface area (Å²) in [6.07, 6.45) is 2.85. The molecule has 0 aromatic rings. The molecular weight excluding hydrogens is 208 g/mol. The van der Waals surface area contributed by atoms with Gasteiger partial charge in [-0.05, 0) is 19.3 Å². The normalized spacial score (nSPS) is 19.9. The lowest BCUT2D eigenvalue weighted by atomic mass is 9.68. The average Bonchev–Trinajstić information content (AvgIpc) is 2.17. The van der Waals surface area contributed by atoms with Crippen LogP contribution in [0.25, 0.3) is 0 Å². The molecule has 1 aliphatic rings. The summed E-state index contributed by atoms with van der Waals surface area (Å²) in [4.78, 5) is 11.8. The predicted molar refractivity (Wildman–Crippen MR) is 60.8 cm³/mol. The fourth-order valence-electron chi connectivity index (χ4n) is 1.94. The Hall–Kier alpha value is -0.650. The number of amides is 1. The second-order valence-electron chi connectivity index (χ2n) is 4.49. The van der Waals surface area contributed by atoms with E-state index in [0.29, 0.717) is 26.1 Å². The largest absolute Gasteiger partial charge is 0.391 e. The second kappa shape index (κ2) is 6.18. The van der Waals surface area contributed by atoms with Crippen molar-refractivity contribution in [2.24, 2.45) is 11.1 Å². The van der Waals surface area contributed by atoms with Crippen LogP contribution >= 0.6 is 0 Å². The lowest BCUT2D eigenvalue weighted by molar-refractivity contribution is -0.135. The van der Waals surface area contributed by atoms with Gasteiger partial charge >= 0.3 is 0 Å². The van der Waals surface area contributed by atoms with Gasteiger partial charge in [-0.1, -0.05) is 6.42 Å². The number of hydrogen-bond acceptors (Lipinski definition) is 4. The highest BCUT2D eigenvalue weighted by atomic mass is 16.5. The Balaban J connectivity index is 2.19. The van der Waals surface area contributed by atoms with Crippen molar-refractivity contribution >= 4 is 5.91 Å². The third-order valence-electron chi connectivity index (χ3n) is 3.31. The molecule has 1 saturated carbocycles. The molecule has 0 radical (unpaired) electrons. The van der Waals surface area contributed by atoms with Crippen LogP contribution in [-0.2, 0) is 9.53 Å². The molecule has 16 heavy (non-hydrogen) atoms. The van der Waals surface area contributed by atoms with E-state index in [1.165, 1.54) is 0 Å². The summed E-state index contributed by atoms with van der Waals surface area (Å²) >= 11 is 0. The number of rotatable bonds is 7. The molecule has 0 saturated heterocycles. The van der Waals surface area contributed by atoms with Crippen molar-refractivity contribution in [1.29, 1.82) is 0 Å². The summed E-state index contributed by atoms with van der Waals surface area (Å²) in [6.45, 7) is 1.20. The highest BCUT2D eigenvalue weighted by Gasteiger charge is 2.42. The van der Waals surface area contributed by atoms with E-state index in [9.17, 15) is 9.90 Å². The number of aliphatic hydroxyl groups is 1. The summed E-state index contributed by atoms with van der Waals surface area (Å²) in [5, 5.41) is 12.2. The van der Waals surface area contributed by atoms with Crippen molar-refractivity contribution in [2.75, 3.05) is 26.8 Å². The minimum absolute atomic E-state index is 0.0332. The minimum Gasteiger partial charge on any atom is -0.391 e. The zero-order chi connectivity index (χ0) is 12.0. The van der Waals surface area contributed by atoms with Gasteiger partial charge in [0, 0.05) is 20.2 Å². The topological polar surface area (TPSA) is 84.6 Å². The first-order valence-electron chi connectivity index (χ1n) is 5.80. The molecule has 0 spiro atoms. The van der Waals surface area contributed by atoms with Crippen molar-refractivity contribution in [3.63, 3.8) is 0 Å². The molecule has 1 atom stereocenters. The molecule has 1 amide bonds. The number of ether oxygens (including phenoxy) is 1. The Labute approximate surface area is 96.3 Å². The average molecular weight is 230 g/mol. The molecule has 1 rings (SSSR count). The van der Waals surface area contributed by atoms with Gasteiger partial charge in [-0.25, -0.2) is 0 Å². The van der Waals surface area contributed by atoms with Crippen LogP contribution in [0.4, 0.5) is 0 Å². The van der Waals surface area contributed by atoms with Gasteiger partial charge in [0.25, 0.3) is 0 Å². The van der Waals surface area contributed by atoms with E-state index in [-0.39, 0.29) is 11.3 Å². The van der Waals surface area contributed by atoms with E-state index >= 15 is 0 Å². The standard InChI is InChI=1S/C11H22N2O3/c1-16-7-9(14)3-6-13-10(15)11(8-12)4-2-5-11/h9,14H,2-8,12H2,1H3,(H,13,15). The number of aliphatic hydroxyl groups excluding tert-OH is 1. The molecule has 1 unspecified atom stereocenters. The maximum absolute atomic E-state index is 11.8. The first-order valence-corrected chi connectivity index (χ1v) is 5.80. The quantitative estimate of drug-likeness (QED) is 0.557. The number of hydrogen-bond donors (Lipinski definition) is 3. The van der Waals surface area contributed by atoms with Crippen molar-refractivity contribution < 1.29 is 14.6 Å². The summed E-state index contributed by atoms with van der Waals surface area (Å²) in [6, 6.07) is 0. The van der Waals surface area contributed by atoms with Crippen molar-refractivity contribution in [3.8, 4) is 0 Å². The van der Waals surface area contributed by atoms with Gasteiger partial charge in [0.2, 0.25) is 5.91 Å². The molecule has 5 nitrogen and oxygen atoms in total. The summed E-state index contributed by atoms with van der Waals surface area (Å²) < 4.78 is 4.80. The Kier molecular flexibility index (Phi) is 5.18. The molecule has 0 heterocycles. The number of nitrogens with one attached hydrogen (secondary N) is 1. The number of methoxy groups -OCH3 is 1. The maximum Gasteiger partial charge on any atom is 0.227 e. The van der Waals surface area contributed by atoms with Gasteiger partial charge in [0.15, 0.2) is 0 Å². The molecule has 0 aliphatic heterocycles. The van der Waals surface area contributed by atoms with Crippen LogP contribution in [-0.4, -0.2) is 43.9 Å². The van der Waals surface area contributed by atoms with Crippen LogP contribution < -0.4 is 11.1 Å². The summed E-state index contributed by atoms with van der Waals surface area (Å²) in [7, 11) is 1.54. The second-order valence-corrected chi connectivity index (χ2v) is 4.49. The Morgan fingerprint density at radius 2 is 2.31 bits per heavy atom. The molecule has 0 aromatic carbocycles. The van der Waals surface area contributed by atoms with Crippen molar-refractivity contribution in [1.82, 2.24) is 5.32 Å². The van der Waals surface area contributed by atoms with E-state index in [2.05, 4.69) is 5.32 Å². The summed E-state index contributed by atoms with van der Waals surface area (Å²) in [5.41, 5.74) is 5.29. The Morgan fingerprint density at radius 1 is 1.62 bits per heavy atom. The van der Waals surface area contributed by atoms with E-state index in [4.69, 9.17) is 10.5 Å². The predicted octanol–water partition coefficient (Wildman–Crippen LogP) is -0.371. The molecule has 94 valence electrons. The maximum atomic E-state index is 11.8. The van der Waals surface area contributed by atoms with Gasteiger partial charge < -0.3 is 20.9 Å². The number of carbonyl (C=O) groups is 1. The number of carbonyl (C=O) groups excluding carboxylic acids is 1. The van der Waals surface area contributed by atoms with Crippen LogP contribution in [0.5, 0.6) is 0 Å². The van der Waals surface area contributed by atoms with Gasteiger partial charge in [0.05, 0.1) is 18.1 Å². The van der Waals surface area contributed by atoms with E-state index in [1.807, 2.05) is 0 Å². The van der Waals surface area contributed by atoms with Gasteiger partial charge in [-0.2, -0.15) is 0 Å². The lowest BCUT2D eigenvalue weighted by Gasteiger charge is -2.39. The van der Waals surface area contributed by atoms with Crippen LogP contribution in [0.15, 0.2) is 0 Å². The fourth-order valence-corrected chi connectivity index (χ4v) is 1.94. The van der Waals surface area contributed by atoms with E-state index in [1.54, 1.807) is 7.11 Å². The molecule has 1 aliphatic carbocycles. The first kappa shape index (κ1) is 13.4. The van der Waals surface area contributed by atoms with Crippen LogP contribution in [0.3, 0.4) is 0 Å². The van der Waals surface area contributed by atoms with Crippen molar-refractivity contribution in [2.45, 2.75) is 31.8 Å².